The maximum atomic E-state index is 11.5. The first-order chi connectivity index (χ1) is 7.10. The highest BCUT2D eigenvalue weighted by Gasteiger charge is 2.47. The van der Waals surface area contributed by atoms with E-state index < -0.39 is 0 Å². The van der Waals surface area contributed by atoms with E-state index in [0.29, 0.717) is 5.84 Å². The maximum absolute atomic E-state index is 11.5. The van der Waals surface area contributed by atoms with Crippen LogP contribution < -0.4 is 5.73 Å². The number of rotatable bonds is 1. The molecule has 0 bridgehead atoms. The van der Waals surface area contributed by atoms with Crippen molar-refractivity contribution in [2.45, 2.75) is 44.6 Å². The average molecular weight is 209 g/mol. The van der Waals surface area contributed by atoms with Crippen molar-refractivity contribution in [3.8, 4) is 0 Å². The Kier molecular flexibility index (Phi) is 2.44. The fourth-order valence-corrected chi connectivity index (χ4v) is 2.79. The highest BCUT2D eigenvalue weighted by molar-refractivity contribution is 6.05. The van der Waals surface area contributed by atoms with Crippen LogP contribution in [-0.2, 0) is 0 Å². The van der Waals surface area contributed by atoms with Crippen molar-refractivity contribution in [3.05, 3.63) is 0 Å². The summed E-state index contributed by atoms with van der Waals surface area (Å²) in [6.07, 6.45) is 5.49. The summed E-state index contributed by atoms with van der Waals surface area (Å²) in [4.78, 5) is 17.1. The lowest BCUT2D eigenvalue weighted by molar-refractivity contribution is 0.144. The first-order valence-electron chi connectivity index (χ1n) is 5.72. The van der Waals surface area contributed by atoms with E-state index in [1.165, 1.54) is 6.42 Å². The lowest BCUT2D eigenvalue weighted by Gasteiger charge is -2.41. The second-order valence-corrected chi connectivity index (χ2v) is 4.72. The largest absolute Gasteiger partial charge is 0.385 e. The predicted octanol–water partition coefficient (Wildman–Crippen LogP) is 1.75. The van der Waals surface area contributed by atoms with Crippen LogP contribution in [0.15, 0.2) is 4.99 Å². The van der Waals surface area contributed by atoms with E-state index >= 15 is 0 Å². The van der Waals surface area contributed by atoms with E-state index in [0.717, 1.165) is 31.6 Å². The molecule has 0 atom stereocenters. The first kappa shape index (κ1) is 10.5. The van der Waals surface area contributed by atoms with Gasteiger partial charge in [0.2, 0.25) is 0 Å². The van der Waals surface area contributed by atoms with Crippen LogP contribution in [0, 0.1) is 5.92 Å². The predicted molar refractivity (Wildman–Crippen MR) is 59.8 cm³/mol. The van der Waals surface area contributed by atoms with Crippen LogP contribution in [0.2, 0.25) is 0 Å². The van der Waals surface area contributed by atoms with Gasteiger partial charge in [0.15, 0.2) is 0 Å². The van der Waals surface area contributed by atoms with Gasteiger partial charge in [0.05, 0.1) is 0 Å². The number of likely N-dealkylation sites (N-methyl/N-ethyl adjacent to an activating group) is 1. The van der Waals surface area contributed by atoms with Gasteiger partial charge >= 0.3 is 6.03 Å². The van der Waals surface area contributed by atoms with Crippen LogP contribution in [-0.4, -0.2) is 29.4 Å². The number of carbonyl (C=O) groups is 1. The highest BCUT2D eigenvalue weighted by Crippen LogP contribution is 2.39. The summed E-state index contributed by atoms with van der Waals surface area (Å²) in [5.74, 6) is 1.33. The molecule has 2 aliphatic rings. The summed E-state index contributed by atoms with van der Waals surface area (Å²) < 4.78 is 0. The minimum absolute atomic E-state index is 0.178. The van der Waals surface area contributed by atoms with Crippen molar-refractivity contribution in [1.29, 1.82) is 0 Å². The standard InChI is InChI=1S/C11H19N3O/c1-3-8-4-6-11(7-5-8)9(12)13-10(15)14(11)2/h8H,3-7H2,1-2H3,(H2,12,13,15). The third kappa shape index (κ3) is 1.43. The minimum Gasteiger partial charge on any atom is -0.385 e. The summed E-state index contributed by atoms with van der Waals surface area (Å²) in [5.41, 5.74) is 5.65. The molecular formula is C11H19N3O. The molecule has 2 N–H and O–H groups in total. The Labute approximate surface area is 90.5 Å². The molecule has 0 unspecified atom stereocenters. The van der Waals surface area contributed by atoms with Gasteiger partial charge in [-0.1, -0.05) is 13.3 Å². The number of urea groups is 1. The summed E-state index contributed by atoms with van der Waals surface area (Å²) in [5, 5.41) is 0. The first-order valence-corrected chi connectivity index (χ1v) is 5.72. The van der Waals surface area contributed by atoms with Crippen molar-refractivity contribution < 1.29 is 4.79 Å². The van der Waals surface area contributed by atoms with Crippen LogP contribution in [0.4, 0.5) is 4.79 Å². The van der Waals surface area contributed by atoms with Crippen LogP contribution in [0.25, 0.3) is 0 Å². The smallest absolute Gasteiger partial charge is 0.345 e. The van der Waals surface area contributed by atoms with E-state index in [1.54, 1.807) is 4.90 Å². The topological polar surface area (TPSA) is 58.7 Å². The lowest BCUT2D eigenvalue weighted by Crippen LogP contribution is -2.54. The van der Waals surface area contributed by atoms with E-state index in [9.17, 15) is 4.79 Å². The number of carbonyl (C=O) groups excluding carboxylic acids is 1. The molecular weight excluding hydrogens is 190 g/mol. The third-order valence-electron chi connectivity index (χ3n) is 4.13. The maximum Gasteiger partial charge on any atom is 0.345 e. The van der Waals surface area contributed by atoms with Gasteiger partial charge < -0.3 is 10.6 Å². The number of nitrogens with two attached hydrogens (primary N) is 1. The van der Waals surface area contributed by atoms with Gasteiger partial charge in [0.1, 0.15) is 11.4 Å². The number of hydrogen-bond donors (Lipinski definition) is 1. The Balaban J connectivity index is 2.16. The minimum atomic E-state index is -0.247. The number of nitrogens with zero attached hydrogens (tertiary/aromatic N) is 2. The normalized spacial score (nSPS) is 36.1. The zero-order chi connectivity index (χ0) is 11.1. The zero-order valence-corrected chi connectivity index (χ0v) is 9.49. The third-order valence-corrected chi connectivity index (χ3v) is 4.13. The van der Waals surface area contributed by atoms with Crippen LogP contribution in [0.1, 0.15) is 39.0 Å². The van der Waals surface area contributed by atoms with E-state index in [4.69, 9.17) is 5.73 Å². The molecule has 0 aromatic heterocycles. The van der Waals surface area contributed by atoms with Crippen molar-refractivity contribution in [2.24, 2.45) is 16.6 Å². The number of aliphatic imine (C=N–C) groups is 1. The molecule has 4 nitrogen and oxygen atoms in total. The number of hydrogen-bond acceptors (Lipinski definition) is 2. The van der Waals surface area contributed by atoms with Gasteiger partial charge in [0.25, 0.3) is 0 Å². The molecule has 1 aliphatic carbocycles. The molecule has 1 spiro atoms. The number of amides is 2. The molecule has 0 aromatic rings. The van der Waals surface area contributed by atoms with Crippen LogP contribution in [0.3, 0.4) is 0 Å². The Morgan fingerprint density at radius 2 is 2.13 bits per heavy atom. The Bertz CT molecular complexity index is 303. The van der Waals surface area contributed by atoms with Gasteiger partial charge in [-0.2, -0.15) is 4.99 Å². The fourth-order valence-electron chi connectivity index (χ4n) is 2.79. The van der Waals surface area contributed by atoms with Gasteiger partial charge in [-0.25, -0.2) is 4.79 Å². The molecule has 1 fully saturated rings. The molecule has 0 radical (unpaired) electrons. The molecule has 0 saturated heterocycles. The van der Waals surface area contributed by atoms with Crippen LogP contribution in [0.5, 0.6) is 0 Å². The molecule has 0 aromatic carbocycles. The van der Waals surface area contributed by atoms with Crippen LogP contribution >= 0.6 is 0 Å². The van der Waals surface area contributed by atoms with Crippen molar-refractivity contribution in [1.82, 2.24) is 4.90 Å². The molecule has 2 rings (SSSR count). The summed E-state index contributed by atoms with van der Waals surface area (Å²) in [7, 11) is 1.82. The number of amidine groups is 1. The van der Waals surface area contributed by atoms with Gasteiger partial charge in [-0.15, -0.1) is 0 Å². The Morgan fingerprint density at radius 1 is 1.53 bits per heavy atom. The molecule has 1 aliphatic heterocycles. The van der Waals surface area contributed by atoms with Gasteiger partial charge in [-0.3, -0.25) is 0 Å². The molecule has 1 saturated carbocycles. The van der Waals surface area contributed by atoms with E-state index in [1.807, 2.05) is 7.05 Å². The fraction of sp³-hybridized carbons (Fsp3) is 0.818. The quantitative estimate of drug-likeness (QED) is 0.715. The summed E-state index contributed by atoms with van der Waals surface area (Å²) in [6.45, 7) is 2.23. The molecule has 4 heteroatoms. The second-order valence-electron chi connectivity index (χ2n) is 4.72. The molecule has 2 amide bonds. The van der Waals surface area contributed by atoms with Crippen molar-refractivity contribution >= 4 is 11.9 Å². The van der Waals surface area contributed by atoms with Crippen molar-refractivity contribution in [2.75, 3.05) is 7.05 Å². The van der Waals surface area contributed by atoms with Crippen molar-refractivity contribution in [3.63, 3.8) is 0 Å². The van der Waals surface area contributed by atoms with Gasteiger partial charge in [-0.05, 0) is 31.6 Å². The monoisotopic (exact) mass is 209 g/mol. The molecule has 1 heterocycles. The molecule has 15 heavy (non-hydrogen) atoms. The summed E-state index contributed by atoms with van der Waals surface area (Å²) in [6, 6.07) is -0.178. The molecule has 84 valence electrons. The van der Waals surface area contributed by atoms with Gasteiger partial charge in [0, 0.05) is 7.05 Å². The Morgan fingerprint density at radius 3 is 2.53 bits per heavy atom. The van der Waals surface area contributed by atoms with E-state index in [2.05, 4.69) is 11.9 Å². The Hall–Kier alpha value is -1.06. The lowest BCUT2D eigenvalue weighted by atomic mass is 9.74. The SMILES string of the molecule is CCC1CCC2(CC1)C(N)=NC(=O)N2C. The average Bonchev–Trinajstić information content (AvgIpc) is 2.45. The second kappa shape index (κ2) is 3.51. The summed E-state index contributed by atoms with van der Waals surface area (Å²) >= 11 is 0. The van der Waals surface area contributed by atoms with E-state index in [-0.39, 0.29) is 11.6 Å². The highest BCUT2D eigenvalue weighted by atomic mass is 16.2. The zero-order valence-electron chi connectivity index (χ0n) is 9.49.